The lowest BCUT2D eigenvalue weighted by atomic mass is 10.2. The van der Waals surface area contributed by atoms with Gasteiger partial charge in [-0.05, 0) is 24.6 Å². The second-order valence-corrected chi connectivity index (χ2v) is 6.31. The number of aromatic nitrogens is 4. The number of hydrogen-bond donors (Lipinski definition) is 1. The van der Waals surface area contributed by atoms with Crippen molar-refractivity contribution in [3.63, 3.8) is 0 Å². The predicted molar refractivity (Wildman–Crippen MR) is 91.3 cm³/mol. The molecule has 1 N–H and O–H groups in total. The molecule has 3 aromatic rings. The van der Waals surface area contributed by atoms with E-state index in [0.29, 0.717) is 16.9 Å². The standard InChI is InChI=1S/C16H16FN5O2S/c1-10-18-8-14(22(10)2)15-13(17)7-19-16(21-15)20-12-5-3-11(4-6-12)9-25(23)24/h3-8H,9H2,1-2H3,(H,23,24)(H,19,20,21)/p-1. The van der Waals surface area contributed by atoms with E-state index in [9.17, 15) is 13.2 Å². The van der Waals surface area contributed by atoms with Crippen molar-refractivity contribution in [2.24, 2.45) is 7.05 Å². The third-order valence-electron chi connectivity index (χ3n) is 3.70. The van der Waals surface area contributed by atoms with Crippen LogP contribution in [0.2, 0.25) is 0 Å². The number of aryl methyl sites for hydroxylation is 1. The van der Waals surface area contributed by atoms with Gasteiger partial charge >= 0.3 is 0 Å². The monoisotopic (exact) mass is 360 g/mol. The van der Waals surface area contributed by atoms with Gasteiger partial charge in [0.25, 0.3) is 0 Å². The van der Waals surface area contributed by atoms with Gasteiger partial charge in [-0.15, -0.1) is 0 Å². The van der Waals surface area contributed by atoms with Crippen molar-refractivity contribution in [3.05, 3.63) is 53.9 Å². The summed E-state index contributed by atoms with van der Waals surface area (Å²) in [5, 5.41) is 2.98. The molecule has 25 heavy (non-hydrogen) atoms. The van der Waals surface area contributed by atoms with E-state index < -0.39 is 16.9 Å². The lowest BCUT2D eigenvalue weighted by molar-refractivity contribution is 0.536. The number of benzene rings is 1. The highest BCUT2D eigenvalue weighted by Gasteiger charge is 2.14. The summed E-state index contributed by atoms with van der Waals surface area (Å²) in [6, 6.07) is 6.80. The smallest absolute Gasteiger partial charge is 0.227 e. The third-order valence-corrected chi connectivity index (χ3v) is 4.27. The molecule has 130 valence electrons. The average molecular weight is 360 g/mol. The fourth-order valence-corrected chi connectivity index (χ4v) is 2.74. The van der Waals surface area contributed by atoms with Crippen LogP contribution in [0.3, 0.4) is 0 Å². The summed E-state index contributed by atoms with van der Waals surface area (Å²) < 4.78 is 37.2. The summed E-state index contributed by atoms with van der Waals surface area (Å²) in [5.74, 6) is 0.392. The van der Waals surface area contributed by atoms with Crippen molar-refractivity contribution in [2.75, 3.05) is 5.32 Å². The molecule has 0 aliphatic carbocycles. The van der Waals surface area contributed by atoms with Crippen LogP contribution in [0.4, 0.5) is 16.0 Å². The van der Waals surface area contributed by atoms with Crippen LogP contribution in [-0.4, -0.2) is 28.3 Å². The number of imidazole rings is 1. The zero-order valence-corrected chi connectivity index (χ0v) is 14.4. The van der Waals surface area contributed by atoms with Gasteiger partial charge in [-0.25, -0.2) is 19.3 Å². The molecule has 0 fully saturated rings. The lowest BCUT2D eigenvalue weighted by Crippen LogP contribution is -2.03. The van der Waals surface area contributed by atoms with Gasteiger partial charge < -0.3 is 14.4 Å². The summed E-state index contributed by atoms with van der Waals surface area (Å²) in [4.78, 5) is 12.3. The molecule has 1 unspecified atom stereocenters. The molecule has 1 aromatic carbocycles. The molecule has 9 heteroatoms. The van der Waals surface area contributed by atoms with Gasteiger partial charge in [0.2, 0.25) is 5.95 Å². The number of nitrogens with zero attached hydrogens (tertiary/aromatic N) is 4. The van der Waals surface area contributed by atoms with Crippen LogP contribution in [0, 0.1) is 12.7 Å². The van der Waals surface area contributed by atoms with Crippen molar-refractivity contribution in [1.29, 1.82) is 0 Å². The first-order chi connectivity index (χ1) is 11.9. The highest BCUT2D eigenvalue weighted by molar-refractivity contribution is 7.78. The van der Waals surface area contributed by atoms with E-state index in [1.807, 2.05) is 6.92 Å². The second-order valence-electron chi connectivity index (χ2n) is 5.41. The number of anilines is 2. The minimum atomic E-state index is -2.13. The molecule has 0 bridgehead atoms. The molecule has 0 saturated carbocycles. The molecular formula is C16H15FN5O2S-. The molecule has 0 amide bonds. The maximum atomic E-state index is 14.1. The van der Waals surface area contributed by atoms with Crippen molar-refractivity contribution < 1.29 is 13.2 Å². The largest absolute Gasteiger partial charge is 0.772 e. The first-order valence-electron chi connectivity index (χ1n) is 7.37. The predicted octanol–water partition coefficient (Wildman–Crippen LogP) is 2.45. The molecule has 0 radical (unpaired) electrons. The summed E-state index contributed by atoms with van der Waals surface area (Å²) in [6.45, 7) is 1.82. The normalized spacial score (nSPS) is 12.2. The van der Waals surface area contributed by atoms with Crippen LogP contribution in [0.1, 0.15) is 11.4 Å². The van der Waals surface area contributed by atoms with E-state index in [4.69, 9.17) is 0 Å². The number of nitrogens with one attached hydrogen (secondary N) is 1. The molecule has 1 atom stereocenters. The van der Waals surface area contributed by atoms with Gasteiger partial charge in [0.15, 0.2) is 5.82 Å². The van der Waals surface area contributed by atoms with E-state index in [2.05, 4.69) is 20.3 Å². The highest BCUT2D eigenvalue weighted by atomic mass is 32.2. The van der Waals surface area contributed by atoms with Gasteiger partial charge in [0, 0.05) is 18.5 Å². The van der Waals surface area contributed by atoms with E-state index in [0.717, 1.165) is 12.0 Å². The first-order valence-corrected chi connectivity index (χ1v) is 8.61. The SMILES string of the molecule is Cc1ncc(-c2nc(Nc3ccc(CS(=O)[O-])cc3)ncc2F)n1C. The Kier molecular flexibility index (Phi) is 4.86. The second kappa shape index (κ2) is 7.08. The summed E-state index contributed by atoms with van der Waals surface area (Å²) in [7, 11) is 1.78. The molecule has 0 aliphatic rings. The summed E-state index contributed by atoms with van der Waals surface area (Å²) >= 11 is -2.13. The Morgan fingerprint density at radius 2 is 1.96 bits per heavy atom. The number of hydrogen-bond acceptors (Lipinski definition) is 6. The van der Waals surface area contributed by atoms with Crippen LogP contribution in [0.15, 0.2) is 36.7 Å². The Bertz CT molecular complexity index is 927. The van der Waals surface area contributed by atoms with Crippen LogP contribution in [0.25, 0.3) is 11.4 Å². The minimum absolute atomic E-state index is 0.0443. The zero-order chi connectivity index (χ0) is 18.0. The van der Waals surface area contributed by atoms with E-state index >= 15 is 0 Å². The summed E-state index contributed by atoms with van der Waals surface area (Å²) in [6.07, 6.45) is 2.66. The third kappa shape index (κ3) is 3.89. The Morgan fingerprint density at radius 3 is 2.56 bits per heavy atom. The van der Waals surface area contributed by atoms with E-state index in [1.165, 1.54) is 0 Å². The number of rotatable bonds is 5. The maximum Gasteiger partial charge on any atom is 0.227 e. The fourth-order valence-electron chi connectivity index (χ4n) is 2.28. The van der Waals surface area contributed by atoms with Crippen molar-refractivity contribution in [3.8, 4) is 11.4 Å². The van der Waals surface area contributed by atoms with E-state index in [-0.39, 0.29) is 17.4 Å². The van der Waals surface area contributed by atoms with Gasteiger partial charge in [-0.2, -0.15) is 0 Å². The van der Waals surface area contributed by atoms with Crippen molar-refractivity contribution in [2.45, 2.75) is 12.7 Å². The quantitative estimate of drug-likeness (QED) is 0.702. The maximum absolute atomic E-state index is 14.1. The molecule has 2 aromatic heterocycles. The summed E-state index contributed by atoms with van der Waals surface area (Å²) in [5.41, 5.74) is 2.04. The Morgan fingerprint density at radius 1 is 1.24 bits per heavy atom. The number of halogens is 1. The Hall–Kier alpha value is -2.65. The van der Waals surface area contributed by atoms with Gasteiger partial charge in [-0.1, -0.05) is 23.2 Å². The molecule has 3 rings (SSSR count). The Labute approximate surface area is 146 Å². The molecule has 0 aliphatic heterocycles. The van der Waals surface area contributed by atoms with Crippen molar-refractivity contribution >= 4 is 22.7 Å². The molecular weight excluding hydrogens is 345 g/mol. The highest BCUT2D eigenvalue weighted by Crippen LogP contribution is 2.23. The van der Waals surface area contributed by atoms with Crippen LogP contribution in [0.5, 0.6) is 0 Å². The Balaban J connectivity index is 1.85. The average Bonchev–Trinajstić information content (AvgIpc) is 2.90. The lowest BCUT2D eigenvalue weighted by Gasteiger charge is -2.09. The molecule has 0 saturated heterocycles. The molecule has 2 heterocycles. The van der Waals surface area contributed by atoms with Crippen molar-refractivity contribution in [1.82, 2.24) is 19.5 Å². The van der Waals surface area contributed by atoms with Crippen LogP contribution < -0.4 is 5.32 Å². The van der Waals surface area contributed by atoms with Gasteiger partial charge in [0.05, 0.1) is 18.1 Å². The topological polar surface area (TPSA) is 95.8 Å². The first kappa shape index (κ1) is 17.2. The van der Waals surface area contributed by atoms with Crippen LogP contribution in [-0.2, 0) is 23.9 Å². The van der Waals surface area contributed by atoms with Gasteiger partial charge in [0.1, 0.15) is 11.5 Å². The fraction of sp³-hybridized carbons (Fsp3) is 0.188. The van der Waals surface area contributed by atoms with Gasteiger partial charge in [-0.3, -0.25) is 4.21 Å². The minimum Gasteiger partial charge on any atom is -0.772 e. The zero-order valence-electron chi connectivity index (χ0n) is 13.6. The molecule has 0 spiro atoms. The van der Waals surface area contributed by atoms with Crippen LogP contribution >= 0.6 is 0 Å². The molecule has 7 nitrogen and oxygen atoms in total. The van der Waals surface area contributed by atoms with E-state index in [1.54, 1.807) is 42.1 Å².